The maximum Gasteiger partial charge on any atom is 0.00787 e. The molecule has 1 aromatic rings. The molecule has 0 amide bonds. The maximum atomic E-state index is 3.71. The fraction of sp³-hybridized carbons (Fsp3) is 0.647. The summed E-state index contributed by atoms with van der Waals surface area (Å²) in [4.78, 5) is 0. The van der Waals surface area contributed by atoms with Gasteiger partial charge in [-0.15, -0.1) is 0 Å². The van der Waals surface area contributed by atoms with Crippen molar-refractivity contribution in [3.05, 3.63) is 35.4 Å². The number of aryl methyl sites for hydroxylation is 1. The lowest BCUT2D eigenvalue weighted by molar-refractivity contribution is 0.289. The molecule has 1 saturated carbocycles. The zero-order valence-electron chi connectivity index (χ0n) is 12.3. The minimum atomic E-state index is 0.769. The summed E-state index contributed by atoms with van der Waals surface area (Å²) in [6, 6.07) is 9.63. The average Bonchev–Trinajstić information content (AvgIpc) is 2.37. The van der Waals surface area contributed by atoms with Crippen LogP contribution in [0.3, 0.4) is 0 Å². The lowest BCUT2D eigenvalue weighted by Gasteiger charge is -2.37. The zero-order valence-corrected chi connectivity index (χ0v) is 13.1. The Morgan fingerprint density at radius 3 is 2.68 bits per heavy atom. The van der Waals surface area contributed by atoms with Crippen molar-refractivity contribution in [1.29, 1.82) is 0 Å². The van der Waals surface area contributed by atoms with Crippen LogP contribution in [-0.4, -0.2) is 24.6 Å². The fourth-order valence-corrected chi connectivity index (χ4v) is 3.43. The molecular weight excluding hydrogens is 250 g/mol. The summed E-state index contributed by atoms with van der Waals surface area (Å²) in [6.45, 7) is 3.45. The third-order valence-corrected chi connectivity index (χ3v) is 4.92. The highest BCUT2D eigenvalue weighted by atomic mass is 32.2. The van der Waals surface area contributed by atoms with Crippen LogP contribution in [0.4, 0.5) is 0 Å². The van der Waals surface area contributed by atoms with Gasteiger partial charge < -0.3 is 5.32 Å². The van der Waals surface area contributed by atoms with Gasteiger partial charge in [0.05, 0.1) is 0 Å². The second kappa shape index (κ2) is 7.96. The zero-order chi connectivity index (χ0) is 13.5. The highest BCUT2D eigenvalue weighted by Crippen LogP contribution is 2.38. The van der Waals surface area contributed by atoms with Crippen LogP contribution in [0.1, 0.15) is 49.1 Å². The molecular formula is C17H27NS. The van der Waals surface area contributed by atoms with Gasteiger partial charge in [0.1, 0.15) is 0 Å². The van der Waals surface area contributed by atoms with Gasteiger partial charge in [-0.1, -0.05) is 30.7 Å². The van der Waals surface area contributed by atoms with E-state index in [4.69, 9.17) is 0 Å². The third-order valence-electron chi connectivity index (χ3n) is 4.22. The molecule has 0 aromatic heterocycles. The van der Waals surface area contributed by atoms with E-state index in [1.54, 1.807) is 5.56 Å². The van der Waals surface area contributed by atoms with E-state index >= 15 is 0 Å². The molecule has 106 valence electrons. The molecule has 1 fully saturated rings. The Morgan fingerprint density at radius 2 is 1.95 bits per heavy atom. The predicted molar refractivity (Wildman–Crippen MR) is 87.2 cm³/mol. The summed E-state index contributed by atoms with van der Waals surface area (Å²) < 4.78 is 0. The number of benzene rings is 1. The lowest BCUT2D eigenvalue weighted by Crippen LogP contribution is -2.40. The number of hydrogen-bond acceptors (Lipinski definition) is 2. The molecule has 1 nitrogen and oxygen atoms in total. The molecule has 0 unspecified atom stereocenters. The van der Waals surface area contributed by atoms with Crippen LogP contribution in [0.5, 0.6) is 0 Å². The van der Waals surface area contributed by atoms with Gasteiger partial charge in [-0.2, -0.15) is 11.8 Å². The summed E-state index contributed by atoms with van der Waals surface area (Å²) in [5.74, 6) is 2.12. The van der Waals surface area contributed by atoms with E-state index in [9.17, 15) is 0 Å². The van der Waals surface area contributed by atoms with E-state index in [1.807, 2.05) is 11.8 Å². The van der Waals surface area contributed by atoms with Crippen molar-refractivity contribution >= 4 is 11.8 Å². The minimum Gasteiger partial charge on any atom is -0.314 e. The standard InChI is InChI=1S/C17H27NS/c1-14-8-4-5-9-17(14)15-12-16(13-15)18-10-6-3-7-11-19-2/h4-5,8-9,15-16,18H,3,6-7,10-13H2,1-2H3. The molecule has 1 aliphatic carbocycles. The highest BCUT2D eigenvalue weighted by molar-refractivity contribution is 7.98. The molecule has 1 aromatic carbocycles. The quantitative estimate of drug-likeness (QED) is 0.708. The molecule has 0 bridgehead atoms. The Morgan fingerprint density at radius 1 is 1.16 bits per heavy atom. The van der Waals surface area contributed by atoms with Crippen molar-refractivity contribution in [2.45, 2.75) is 51.0 Å². The second-order valence-electron chi connectivity index (χ2n) is 5.73. The van der Waals surface area contributed by atoms with Crippen molar-refractivity contribution in [2.24, 2.45) is 0 Å². The summed E-state index contributed by atoms with van der Waals surface area (Å²) in [5, 5.41) is 3.71. The molecule has 1 aliphatic rings. The van der Waals surface area contributed by atoms with Crippen molar-refractivity contribution in [1.82, 2.24) is 5.32 Å². The Hall–Kier alpha value is -0.470. The summed E-state index contributed by atoms with van der Waals surface area (Å²) in [5.41, 5.74) is 3.03. The SMILES string of the molecule is CSCCCCCNC1CC(c2ccccc2C)C1. The van der Waals surface area contributed by atoms with E-state index in [2.05, 4.69) is 42.8 Å². The first kappa shape index (κ1) is 14.9. The Labute approximate surface area is 122 Å². The maximum absolute atomic E-state index is 3.71. The molecule has 0 saturated heterocycles. The first-order valence-corrected chi connectivity index (χ1v) is 8.98. The van der Waals surface area contributed by atoms with E-state index in [0.717, 1.165) is 12.0 Å². The van der Waals surface area contributed by atoms with Gasteiger partial charge in [0.25, 0.3) is 0 Å². The lowest BCUT2D eigenvalue weighted by atomic mass is 9.74. The van der Waals surface area contributed by atoms with E-state index in [0.29, 0.717) is 0 Å². The molecule has 0 radical (unpaired) electrons. The molecule has 0 heterocycles. The first-order valence-electron chi connectivity index (χ1n) is 7.59. The molecule has 0 aliphatic heterocycles. The van der Waals surface area contributed by atoms with Crippen LogP contribution in [0.2, 0.25) is 0 Å². The second-order valence-corrected chi connectivity index (χ2v) is 6.72. The average molecular weight is 277 g/mol. The van der Waals surface area contributed by atoms with Crippen LogP contribution in [0, 0.1) is 6.92 Å². The third kappa shape index (κ3) is 4.54. The molecule has 2 heteroatoms. The van der Waals surface area contributed by atoms with Crippen LogP contribution in [-0.2, 0) is 0 Å². The van der Waals surface area contributed by atoms with Gasteiger partial charge >= 0.3 is 0 Å². The number of nitrogens with one attached hydrogen (secondary N) is 1. The van der Waals surface area contributed by atoms with E-state index in [1.165, 1.54) is 50.0 Å². The number of rotatable bonds is 8. The van der Waals surface area contributed by atoms with Gasteiger partial charge in [0, 0.05) is 6.04 Å². The smallest absolute Gasteiger partial charge is 0.00787 e. The van der Waals surface area contributed by atoms with Gasteiger partial charge in [-0.25, -0.2) is 0 Å². The number of thioether (sulfide) groups is 1. The van der Waals surface area contributed by atoms with Crippen molar-refractivity contribution in [3.8, 4) is 0 Å². The fourth-order valence-electron chi connectivity index (χ4n) is 2.94. The van der Waals surface area contributed by atoms with Crippen LogP contribution < -0.4 is 5.32 Å². The largest absolute Gasteiger partial charge is 0.314 e. The first-order chi connectivity index (χ1) is 9.31. The van der Waals surface area contributed by atoms with E-state index in [-0.39, 0.29) is 0 Å². The Bertz CT molecular complexity index is 371. The van der Waals surface area contributed by atoms with Crippen LogP contribution >= 0.6 is 11.8 Å². The molecule has 1 N–H and O–H groups in total. The van der Waals surface area contributed by atoms with Crippen LogP contribution in [0.15, 0.2) is 24.3 Å². The van der Waals surface area contributed by atoms with Gasteiger partial charge in [0.15, 0.2) is 0 Å². The van der Waals surface area contributed by atoms with Gasteiger partial charge in [-0.05, 0) is 68.2 Å². The molecule has 0 atom stereocenters. The number of unbranched alkanes of at least 4 members (excludes halogenated alkanes) is 2. The van der Waals surface area contributed by atoms with E-state index < -0.39 is 0 Å². The van der Waals surface area contributed by atoms with Gasteiger partial charge in [0.2, 0.25) is 0 Å². The summed E-state index contributed by atoms with van der Waals surface area (Å²) in [6.07, 6.45) is 8.94. The topological polar surface area (TPSA) is 12.0 Å². The minimum absolute atomic E-state index is 0.769. The number of hydrogen-bond donors (Lipinski definition) is 1. The van der Waals surface area contributed by atoms with Crippen molar-refractivity contribution in [3.63, 3.8) is 0 Å². The monoisotopic (exact) mass is 277 g/mol. The van der Waals surface area contributed by atoms with Crippen molar-refractivity contribution in [2.75, 3.05) is 18.6 Å². The summed E-state index contributed by atoms with van der Waals surface area (Å²) >= 11 is 1.96. The highest BCUT2D eigenvalue weighted by Gasteiger charge is 2.30. The molecule has 2 rings (SSSR count). The predicted octanol–water partition coefficient (Wildman–Crippen LogP) is 4.36. The van der Waals surface area contributed by atoms with Gasteiger partial charge in [-0.3, -0.25) is 0 Å². The van der Waals surface area contributed by atoms with Crippen molar-refractivity contribution < 1.29 is 0 Å². The normalized spacial score (nSPS) is 22.2. The molecule has 19 heavy (non-hydrogen) atoms. The Balaban J connectivity index is 1.58. The molecule has 0 spiro atoms. The van der Waals surface area contributed by atoms with Crippen LogP contribution in [0.25, 0.3) is 0 Å². The summed E-state index contributed by atoms with van der Waals surface area (Å²) in [7, 11) is 0. The Kier molecular flexibility index (Phi) is 6.25.